The van der Waals surface area contributed by atoms with Crippen LogP contribution in [0.25, 0.3) is 10.9 Å². The first-order valence-corrected chi connectivity index (χ1v) is 11.0. The van der Waals surface area contributed by atoms with Crippen molar-refractivity contribution < 1.29 is 14.2 Å². The molecule has 1 saturated carbocycles. The van der Waals surface area contributed by atoms with E-state index in [2.05, 4.69) is 15.1 Å². The molecular formula is C20H21N5O4S. The number of hydrogen-bond donors (Lipinski definition) is 6. The number of fused-ring (bicyclic) bond motifs is 2. The van der Waals surface area contributed by atoms with Crippen LogP contribution in [0.2, 0.25) is 0 Å². The van der Waals surface area contributed by atoms with Crippen LogP contribution in [-0.4, -0.2) is 31.3 Å². The van der Waals surface area contributed by atoms with Crippen molar-refractivity contribution in [1.82, 2.24) is 4.68 Å². The fourth-order valence-corrected chi connectivity index (χ4v) is 4.74. The Hall–Kier alpha value is -3.21. The van der Waals surface area contributed by atoms with Crippen molar-refractivity contribution in [2.45, 2.75) is 17.7 Å². The molecule has 0 atom stereocenters. The van der Waals surface area contributed by atoms with Gasteiger partial charge in [0.2, 0.25) is 0 Å². The van der Waals surface area contributed by atoms with Crippen molar-refractivity contribution in [2.75, 3.05) is 23.0 Å². The van der Waals surface area contributed by atoms with Gasteiger partial charge in [0.1, 0.15) is 16.2 Å². The molecule has 0 bridgehead atoms. The number of para-hydroxylation sites is 1. The first kappa shape index (κ1) is 18.8. The Morgan fingerprint density at radius 2 is 2.00 bits per heavy atom. The molecule has 30 heavy (non-hydrogen) atoms. The lowest BCUT2D eigenvalue weighted by Gasteiger charge is -2.34. The molecule has 0 spiro atoms. The van der Waals surface area contributed by atoms with Crippen molar-refractivity contribution in [2.24, 2.45) is 10.3 Å². The molecule has 5 rings (SSSR count). The van der Waals surface area contributed by atoms with E-state index in [1.165, 1.54) is 10.7 Å². The molecule has 2 heterocycles. The SMILES string of the molecule is Nc1ccc2c(c1)S(O)(O)N=C(c1c(O)c3ccccc3n(NCC3CC3)c1=O)N2. The van der Waals surface area contributed by atoms with Crippen molar-refractivity contribution in [3.8, 4) is 5.75 Å². The number of amidine groups is 1. The highest BCUT2D eigenvalue weighted by molar-refractivity contribution is 8.23. The number of nitrogens with zero attached hydrogens (tertiary/aromatic N) is 2. The van der Waals surface area contributed by atoms with Crippen molar-refractivity contribution in [1.29, 1.82) is 0 Å². The van der Waals surface area contributed by atoms with Gasteiger partial charge in [-0.2, -0.15) is 0 Å². The lowest BCUT2D eigenvalue weighted by Crippen LogP contribution is -2.36. The Labute approximate surface area is 173 Å². The van der Waals surface area contributed by atoms with Crippen LogP contribution < -0.4 is 22.0 Å². The van der Waals surface area contributed by atoms with E-state index in [1.807, 2.05) is 0 Å². The minimum atomic E-state index is -3.61. The first-order valence-electron chi connectivity index (χ1n) is 9.51. The van der Waals surface area contributed by atoms with E-state index < -0.39 is 16.3 Å². The number of nitrogens with one attached hydrogen (secondary N) is 2. The molecule has 156 valence electrons. The van der Waals surface area contributed by atoms with Gasteiger partial charge >= 0.3 is 0 Å². The maximum absolute atomic E-state index is 13.4. The molecule has 3 aromatic rings. The summed E-state index contributed by atoms with van der Waals surface area (Å²) in [5.41, 5.74) is 9.47. The highest BCUT2D eigenvalue weighted by Gasteiger charge is 2.31. The normalized spacial score (nSPS) is 18.3. The van der Waals surface area contributed by atoms with E-state index in [1.54, 1.807) is 36.4 Å². The summed E-state index contributed by atoms with van der Waals surface area (Å²) in [6.07, 6.45) is 2.22. The number of nitrogen functional groups attached to an aromatic ring is 1. The minimum absolute atomic E-state index is 0.109. The summed E-state index contributed by atoms with van der Waals surface area (Å²) in [5, 5.41) is 14.3. The molecule has 0 saturated heterocycles. The predicted molar refractivity (Wildman–Crippen MR) is 119 cm³/mol. The molecule has 0 unspecified atom stereocenters. The number of pyridine rings is 1. The fraction of sp³-hybridized carbons (Fsp3) is 0.200. The van der Waals surface area contributed by atoms with Gasteiger partial charge in [-0.05, 0) is 49.1 Å². The molecule has 1 aromatic heterocycles. The maximum atomic E-state index is 13.4. The van der Waals surface area contributed by atoms with Gasteiger partial charge in [-0.3, -0.25) is 13.9 Å². The molecule has 2 aliphatic rings. The van der Waals surface area contributed by atoms with E-state index in [0.29, 0.717) is 34.7 Å². The van der Waals surface area contributed by atoms with E-state index >= 15 is 0 Å². The number of benzene rings is 2. The Morgan fingerprint density at radius 3 is 2.77 bits per heavy atom. The number of rotatable bonds is 4. The van der Waals surface area contributed by atoms with Crippen molar-refractivity contribution >= 4 is 38.9 Å². The van der Waals surface area contributed by atoms with Crippen LogP contribution in [0.5, 0.6) is 5.75 Å². The minimum Gasteiger partial charge on any atom is -0.506 e. The first-order chi connectivity index (χ1) is 14.3. The third kappa shape index (κ3) is 3.05. The number of aromatic hydroxyl groups is 1. The van der Waals surface area contributed by atoms with Crippen LogP contribution in [0, 0.1) is 5.92 Å². The maximum Gasteiger partial charge on any atom is 0.284 e. The molecule has 1 aliphatic carbocycles. The topological polar surface area (TPSA) is 145 Å². The van der Waals surface area contributed by atoms with E-state index in [-0.39, 0.29) is 22.0 Å². The molecule has 0 radical (unpaired) electrons. The Bertz CT molecular complexity index is 1270. The van der Waals surface area contributed by atoms with Gasteiger partial charge in [-0.15, -0.1) is 4.40 Å². The van der Waals surface area contributed by atoms with E-state index in [0.717, 1.165) is 12.8 Å². The van der Waals surface area contributed by atoms with Crippen LogP contribution in [-0.2, 0) is 0 Å². The Morgan fingerprint density at radius 1 is 1.23 bits per heavy atom. The monoisotopic (exact) mass is 427 g/mol. The summed E-state index contributed by atoms with van der Waals surface area (Å²) in [7, 11) is -3.61. The van der Waals surface area contributed by atoms with Crippen molar-refractivity contribution in [3.05, 3.63) is 58.4 Å². The van der Waals surface area contributed by atoms with Crippen LogP contribution in [0.15, 0.2) is 56.6 Å². The second kappa shape index (κ2) is 6.66. The molecule has 0 amide bonds. The summed E-state index contributed by atoms with van der Waals surface area (Å²) < 4.78 is 26.5. The average molecular weight is 427 g/mol. The van der Waals surface area contributed by atoms with Gasteiger partial charge in [-0.25, -0.2) is 4.68 Å². The Kier molecular flexibility index (Phi) is 4.17. The molecule has 1 aliphatic heterocycles. The largest absolute Gasteiger partial charge is 0.506 e. The summed E-state index contributed by atoms with van der Waals surface area (Å²) in [4.78, 5) is 13.5. The van der Waals surface area contributed by atoms with Crippen LogP contribution >= 0.6 is 10.8 Å². The smallest absolute Gasteiger partial charge is 0.284 e. The van der Waals surface area contributed by atoms with Gasteiger partial charge < -0.3 is 21.6 Å². The van der Waals surface area contributed by atoms with Gasteiger partial charge in [0.25, 0.3) is 5.56 Å². The zero-order valence-electron chi connectivity index (χ0n) is 15.9. The fourth-order valence-electron chi connectivity index (χ4n) is 3.54. The lowest BCUT2D eigenvalue weighted by molar-refractivity contribution is 0.478. The summed E-state index contributed by atoms with van der Waals surface area (Å²) in [5.74, 6) is 0.130. The zero-order valence-corrected chi connectivity index (χ0v) is 16.7. The molecule has 7 N–H and O–H groups in total. The number of anilines is 2. The molecule has 1 fully saturated rings. The molecule has 9 nitrogen and oxygen atoms in total. The summed E-state index contributed by atoms with van der Waals surface area (Å²) in [6, 6.07) is 11.6. The number of aromatic nitrogens is 1. The molecule has 10 heteroatoms. The number of nitrogens with two attached hydrogens (primary N) is 1. The number of hydrogen-bond acceptors (Lipinski definition) is 8. The van der Waals surface area contributed by atoms with Crippen molar-refractivity contribution in [3.63, 3.8) is 0 Å². The van der Waals surface area contributed by atoms with E-state index in [4.69, 9.17) is 5.73 Å². The second-order valence-corrected chi connectivity index (χ2v) is 9.19. The molecular weight excluding hydrogens is 406 g/mol. The van der Waals surface area contributed by atoms with Crippen LogP contribution in [0.1, 0.15) is 18.4 Å². The third-order valence-corrected chi connectivity index (χ3v) is 6.66. The van der Waals surface area contributed by atoms with E-state index in [9.17, 15) is 19.0 Å². The van der Waals surface area contributed by atoms with Gasteiger partial charge in [0.05, 0.1) is 11.2 Å². The molecule has 2 aromatic carbocycles. The van der Waals surface area contributed by atoms with Crippen LogP contribution in [0.4, 0.5) is 11.4 Å². The summed E-state index contributed by atoms with van der Waals surface area (Å²) in [6.45, 7) is 0.630. The zero-order chi connectivity index (χ0) is 21.0. The van der Waals surface area contributed by atoms with Crippen LogP contribution in [0.3, 0.4) is 0 Å². The quantitative estimate of drug-likeness (QED) is 0.351. The van der Waals surface area contributed by atoms with Gasteiger partial charge in [-0.1, -0.05) is 22.9 Å². The highest BCUT2D eigenvalue weighted by atomic mass is 32.3. The van der Waals surface area contributed by atoms with Gasteiger partial charge in [0, 0.05) is 17.6 Å². The lowest BCUT2D eigenvalue weighted by atomic mass is 10.1. The predicted octanol–water partition coefficient (Wildman–Crippen LogP) is 3.14. The second-order valence-electron chi connectivity index (χ2n) is 7.53. The standard InChI is InChI=1S/C20H21N5O4S/c21-12-7-8-14-16(9-12)30(28,29)24-19(23-14)17-18(26)13-3-1-2-4-15(13)25(20(17)27)22-10-11-5-6-11/h1-4,7-9,11,22,26,28-29H,5-6,10,21H2,(H,23,24). The van der Waals surface area contributed by atoms with Gasteiger partial charge in [0.15, 0.2) is 5.84 Å². The summed E-state index contributed by atoms with van der Waals surface area (Å²) >= 11 is 0. The highest BCUT2D eigenvalue weighted by Crippen LogP contribution is 2.56. The Balaban J connectivity index is 1.70. The third-order valence-electron chi connectivity index (χ3n) is 5.30. The average Bonchev–Trinajstić information content (AvgIpc) is 3.53.